The SMILES string of the molecule is COc1cc(O)c(-c2c(O)cc(OC)c3c2ccc2c(O)c(O)ccc23)c2c1-c1ccc(O)c(O)c1CC2. The predicted molar refractivity (Wildman–Crippen MR) is 143 cm³/mol. The Morgan fingerprint density at radius 2 is 1.11 bits per heavy atom. The average molecular weight is 513 g/mol. The van der Waals surface area contributed by atoms with Gasteiger partial charge in [-0.2, -0.15) is 0 Å². The first-order valence-electron chi connectivity index (χ1n) is 11.9. The lowest BCUT2D eigenvalue weighted by atomic mass is 9.79. The van der Waals surface area contributed by atoms with Crippen molar-refractivity contribution in [1.82, 2.24) is 0 Å². The van der Waals surface area contributed by atoms with E-state index in [0.717, 1.165) is 0 Å². The van der Waals surface area contributed by atoms with Crippen LogP contribution in [0.2, 0.25) is 0 Å². The highest BCUT2D eigenvalue weighted by molar-refractivity contribution is 6.18. The van der Waals surface area contributed by atoms with Crippen molar-refractivity contribution in [3.8, 4) is 68.2 Å². The van der Waals surface area contributed by atoms with E-state index in [1.807, 2.05) is 0 Å². The summed E-state index contributed by atoms with van der Waals surface area (Å²) in [5, 5.41) is 65.8. The van der Waals surface area contributed by atoms with E-state index < -0.39 is 0 Å². The van der Waals surface area contributed by atoms with E-state index in [1.54, 1.807) is 24.3 Å². The maximum absolute atomic E-state index is 11.3. The average Bonchev–Trinajstić information content (AvgIpc) is 2.92. The molecule has 0 saturated carbocycles. The van der Waals surface area contributed by atoms with Crippen LogP contribution in [0, 0.1) is 0 Å². The molecule has 0 atom stereocenters. The maximum atomic E-state index is 11.3. The van der Waals surface area contributed by atoms with Crippen molar-refractivity contribution >= 4 is 21.5 Å². The largest absolute Gasteiger partial charge is 0.507 e. The summed E-state index contributed by atoms with van der Waals surface area (Å²) in [5.41, 5.74) is 3.32. The van der Waals surface area contributed by atoms with Crippen molar-refractivity contribution in [3.05, 3.63) is 59.7 Å². The lowest BCUT2D eigenvalue weighted by molar-refractivity contribution is 0.398. The molecule has 1 aliphatic rings. The van der Waals surface area contributed by atoms with Gasteiger partial charge >= 0.3 is 0 Å². The molecule has 0 heterocycles. The fraction of sp³-hybridized carbons (Fsp3) is 0.133. The Hall–Kier alpha value is -4.98. The van der Waals surface area contributed by atoms with Crippen LogP contribution in [0.3, 0.4) is 0 Å². The monoisotopic (exact) mass is 512 g/mol. The molecule has 0 aliphatic heterocycles. The molecular weight excluding hydrogens is 488 g/mol. The van der Waals surface area contributed by atoms with Crippen LogP contribution in [0.15, 0.2) is 48.5 Å². The van der Waals surface area contributed by atoms with Gasteiger partial charge in [0.1, 0.15) is 23.0 Å². The van der Waals surface area contributed by atoms with E-state index in [1.165, 1.54) is 38.5 Å². The smallest absolute Gasteiger partial charge is 0.165 e. The van der Waals surface area contributed by atoms with Crippen LogP contribution in [0.1, 0.15) is 11.1 Å². The number of phenols is 6. The van der Waals surface area contributed by atoms with Gasteiger partial charge in [-0.05, 0) is 59.0 Å². The third-order valence-corrected chi connectivity index (χ3v) is 7.41. The Bertz CT molecular complexity index is 1810. The molecule has 1 aliphatic carbocycles. The predicted octanol–water partition coefficient (Wildman–Crippen LogP) is 5.68. The van der Waals surface area contributed by atoms with Crippen molar-refractivity contribution in [1.29, 1.82) is 0 Å². The van der Waals surface area contributed by atoms with Crippen LogP contribution in [0.4, 0.5) is 0 Å². The minimum Gasteiger partial charge on any atom is -0.507 e. The fourth-order valence-corrected chi connectivity index (χ4v) is 5.73. The minimum atomic E-state index is -0.273. The quantitative estimate of drug-likeness (QED) is 0.134. The molecule has 0 aromatic heterocycles. The molecule has 5 aromatic carbocycles. The number of fused-ring (bicyclic) bond motifs is 6. The minimum absolute atomic E-state index is 0.109. The summed E-state index contributed by atoms with van der Waals surface area (Å²) in [6.45, 7) is 0. The van der Waals surface area contributed by atoms with Gasteiger partial charge in [0.2, 0.25) is 0 Å². The Balaban J connectivity index is 1.76. The standard InChI is InChI=1S/C30H24O8/c1-37-23-11-21(33)27(17-5-3-15-13(25(17)23)7-9-19(31)29(15)35)28-18-6-4-16-14(8-10-20(32)30(16)36)26(18)24(38-2)12-22(28)34/h3,5,7-12,31-36H,4,6H2,1-2H3. The summed E-state index contributed by atoms with van der Waals surface area (Å²) in [7, 11) is 2.95. The first-order valence-corrected chi connectivity index (χ1v) is 11.9. The Morgan fingerprint density at radius 1 is 0.526 bits per heavy atom. The summed E-state index contributed by atoms with van der Waals surface area (Å²) < 4.78 is 11.2. The number of benzene rings is 5. The summed E-state index contributed by atoms with van der Waals surface area (Å²) in [5.74, 6) is -0.446. The summed E-state index contributed by atoms with van der Waals surface area (Å²) in [6, 6.07) is 12.4. The second-order valence-electron chi connectivity index (χ2n) is 9.28. The number of ether oxygens (including phenoxy) is 2. The molecule has 5 aromatic rings. The molecule has 0 fully saturated rings. The normalized spacial score (nSPS) is 12.4. The highest BCUT2D eigenvalue weighted by Gasteiger charge is 2.30. The first kappa shape index (κ1) is 23.4. The zero-order valence-electron chi connectivity index (χ0n) is 20.5. The maximum Gasteiger partial charge on any atom is 0.165 e. The first-order chi connectivity index (χ1) is 18.3. The molecule has 0 saturated heterocycles. The highest BCUT2D eigenvalue weighted by atomic mass is 16.5. The van der Waals surface area contributed by atoms with Crippen molar-refractivity contribution in [2.24, 2.45) is 0 Å². The van der Waals surface area contributed by atoms with Gasteiger partial charge in [-0.15, -0.1) is 0 Å². The zero-order valence-corrected chi connectivity index (χ0v) is 20.5. The van der Waals surface area contributed by atoms with E-state index in [9.17, 15) is 30.6 Å². The van der Waals surface area contributed by atoms with E-state index in [0.29, 0.717) is 79.3 Å². The molecule has 0 unspecified atom stereocenters. The van der Waals surface area contributed by atoms with Gasteiger partial charge in [0.05, 0.1) is 14.2 Å². The zero-order chi connectivity index (χ0) is 26.9. The molecule has 0 amide bonds. The van der Waals surface area contributed by atoms with Crippen molar-refractivity contribution in [2.45, 2.75) is 12.8 Å². The molecule has 0 spiro atoms. The number of phenolic OH excluding ortho intramolecular Hbond substituents is 6. The van der Waals surface area contributed by atoms with Crippen LogP contribution in [0.5, 0.6) is 46.0 Å². The Labute approximate surface area is 216 Å². The Morgan fingerprint density at radius 3 is 1.84 bits per heavy atom. The van der Waals surface area contributed by atoms with Crippen LogP contribution in [-0.4, -0.2) is 44.9 Å². The molecule has 8 heteroatoms. The molecular formula is C30H24O8. The van der Waals surface area contributed by atoms with Crippen LogP contribution < -0.4 is 9.47 Å². The van der Waals surface area contributed by atoms with Crippen LogP contribution in [-0.2, 0) is 12.8 Å². The van der Waals surface area contributed by atoms with Gasteiger partial charge in [0.25, 0.3) is 0 Å². The van der Waals surface area contributed by atoms with Crippen molar-refractivity contribution < 1.29 is 40.1 Å². The topological polar surface area (TPSA) is 140 Å². The third-order valence-electron chi connectivity index (χ3n) is 7.41. The number of methoxy groups -OCH3 is 2. The summed E-state index contributed by atoms with van der Waals surface area (Å²) in [6.07, 6.45) is 0.766. The van der Waals surface area contributed by atoms with Crippen molar-refractivity contribution in [2.75, 3.05) is 14.2 Å². The van der Waals surface area contributed by atoms with Crippen molar-refractivity contribution in [3.63, 3.8) is 0 Å². The van der Waals surface area contributed by atoms with Gasteiger partial charge in [0.15, 0.2) is 23.0 Å². The van der Waals surface area contributed by atoms with Crippen LogP contribution >= 0.6 is 0 Å². The molecule has 38 heavy (non-hydrogen) atoms. The second-order valence-corrected chi connectivity index (χ2v) is 9.28. The van der Waals surface area contributed by atoms with Gasteiger partial charge in [0, 0.05) is 45.2 Å². The van der Waals surface area contributed by atoms with Crippen LogP contribution in [0.25, 0.3) is 43.8 Å². The summed E-state index contributed by atoms with van der Waals surface area (Å²) >= 11 is 0. The van der Waals surface area contributed by atoms with Gasteiger partial charge in [-0.25, -0.2) is 0 Å². The van der Waals surface area contributed by atoms with Gasteiger partial charge in [-0.1, -0.05) is 12.1 Å². The molecule has 6 N–H and O–H groups in total. The number of hydrogen-bond donors (Lipinski definition) is 6. The van der Waals surface area contributed by atoms with E-state index >= 15 is 0 Å². The van der Waals surface area contributed by atoms with Gasteiger partial charge in [-0.3, -0.25) is 0 Å². The molecule has 6 rings (SSSR count). The van der Waals surface area contributed by atoms with E-state index in [4.69, 9.17) is 9.47 Å². The molecule has 8 nitrogen and oxygen atoms in total. The summed E-state index contributed by atoms with van der Waals surface area (Å²) in [4.78, 5) is 0. The Kier molecular flexibility index (Phi) is 5.10. The lowest BCUT2D eigenvalue weighted by Gasteiger charge is -2.27. The highest BCUT2D eigenvalue weighted by Crippen LogP contribution is 2.55. The fourth-order valence-electron chi connectivity index (χ4n) is 5.73. The number of rotatable bonds is 3. The van der Waals surface area contributed by atoms with E-state index in [-0.39, 0.29) is 34.5 Å². The molecule has 0 radical (unpaired) electrons. The number of hydrogen-bond acceptors (Lipinski definition) is 8. The molecule has 192 valence electrons. The third kappa shape index (κ3) is 3.10. The van der Waals surface area contributed by atoms with Gasteiger partial charge < -0.3 is 40.1 Å². The second kappa shape index (κ2) is 8.27. The number of aromatic hydroxyl groups is 6. The van der Waals surface area contributed by atoms with E-state index in [2.05, 4.69) is 0 Å². The molecule has 0 bridgehead atoms. The lowest BCUT2D eigenvalue weighted by Crippen LogP contribution is -2.08.